The van der Waals surface area contributed by atoms with Gasteiger partial charge in [-0.25, -0.2) is 14.4 Å². The molecule has 278 valence electrons. The van der Waals surface area contributed by atoms with Crippen LogP contribution in [0.1, 0.15) is 122 Å². The number of hydrogen-bond acceptors (Lipinski definition) is 12. The maximum atomic E-state index is 13.4. The van der Waals surface area contributed by atoms with Crippen LogP contribution in [-0.2, 0) is 20.7 Å². The molecule has 0 bridgehead atoms. The molecule has 1 aliphatic rings. The summed E-state index contributed by atoms with van der Waals surface area (Å²) < 4.78 is 21.2. The number of ether oxygens (including phenoxy) is 4. The molecule has 1 aliphatic heterocycles. The summed E-state index contributed by atoms with van der Waals surface area (Å²) >= 11 is 0. The maximum absolute atomic E-state index is 13.4. The van der Waals surface area contributed by atoms with E-state index in [9.17, 15) is 45.0 Å². The van der Waals surface area contributed by atoms with Gasteiger partial charge in [-0.2, -0.15) is 0 Å². The minimum absolute atomic E-state index is 0.0701. The fourth-order valence-corrected chi connectivity index (χ4v) is 6.11. The Balaban J connectivity index is 1.73. The Labute approximate surface area is 292 Å². The number of carboxylic acids is 1. The van der Waals surface area contributed by atoms with Gasteiger partial charge in [-0.1, -0.05) is 84.0 Å². The van der Waals surface area contributed by atoms with Crippen molar-refractivity contribution in [2.24, 2.45) is 0 Å². The molecule has 6 N–H and O–H groups in total. The van der Waals surface area contributed by atoms with Gasteiger partial charge in [-0.05, 0) is 43.0 Å². The van der Waals surface area contributed by atoms with Crippen LogP contribution in [0.15, 0.2) is 24.3 Å². The molecule has 0 spiro atoms. The molecule has 0 aromatic heterocycles. The number of carboxylic acid groups (broad SMARTS) is 1. The average molecular weight is 705 g/mol. The van der Waals surface area contributed by atoms with Crippen LogP contribution in [0.4, 0.5) is 0 Å². The number of esters is 2. The van der Waals surface area contributed by atoms with Gasteiger partial charge in [-0.3, -0.25) is 0 Å². The van der Waals surface area contributed by atoms with Crippen LogP contribution in [-0.4, -0.2) is 86.4 Å². The van der Waals surface area contributed by atoms with Crippen LogP contribution in [0.3, 0.4) is 0 Å². The van der Waals surface area contributed by atoms with Gasteiger partial charge in [0.15, 0.2) is 6.10 Å². The molecule has 5 atom stereocenters. The zero-order valence-electron chi connectivity index (χ0n) is 29.1. The zero-order chi connectivity index (χ0) is 36.8. The normalized spacial score (nSPS) is 20.3. The zero-order valence-corrected chi connectivity index (χ0v) is 29.1. The highest BCUT2D eigenvalue weighted by molar-refractivity contribution is 5.96. The number of aromatic carboxylic acids is 1. The number of aromatic hydroxyl groups is 2. The Morgan fingerprint density at radius 3 is 1.80 bits per heavy atom. The second-order valence-corrected chi connectivity index (χ2v) is 12.8. The minimum Gasteiger partial charge on any atom is -0.507 e. The molecule has 1 fully saturated rings. The van der Waals surface area contributed by atoms with Crippen molar-refractivity contribution in [3.8, 4) is 23.0 Å². The first-order valence-corrected chi connectivity index (χ1v) is 17.5. The van der Waals surface area contributed by atoms with Crippen molar-refractivity contribution in [2.75, 3.05) is 7.11 Å². The van der Waals surface area contributed by atoms with E-state index in [0.29, 0.717) is 18.4 Å². The minimum atomic E-state index is -1.82. The predicted molar refractivity (Wildman–Crippen MR) is 182 cm³/mol. The summed E-state index contributed by atoms with van der Waals surface area (Å²) in [5, 5.41) is 61.6. The molecule has 1 heterocycles. The largest absolute Gasteiger partial charge is 0.507 e. The number of rotatable bonds is 20. The molecule has 0 radical (unpaired) electrons. The van der Waals surface area contributed by atoms with Crippen LogP contribution in [0.2, 0.25) is 0 Å². The monoisotopic (exact) mass is 704 g/mol. The lowest BCUT2D eigenvalue weighted by molar-refractivity contribution is -0.271. The Morgan fingerprint density at radius 2 is 1.26 bits per heavy atom. The summed E-state index contributed by atoms with van der Waals surface area (Å²) in [5.41, 5.74) is -0.0455. The van der Waals surface area contributed by atoms with Crippen molar-refractivity contribution in [1.29, 1.82) is 0 Å². The Bertz CT molecular complexity index is 1400. The molecule has 0 amide bonds. The van der Waals surface area contributed by atoms with Gasteiger partial charge >= 0.3 is 17.9 Å². The second kappa shape index (κ2) is 20.1. The third-order valence-corrected chi connectivity index (χ3v) is 8.89. The lowest BCUT2D eigenvalue weighted by Gasteiger charge is -2.38. The molecule has 50 heavy (non-hydrogen) atoms. The molecule has 2 aromatic carbocycles. The summed E-state index contributed by atoms with van der Waals surface area (Å²) in [7, 11) is 1.06. The van der Waals surface area contributed by atoms with Gasteiger partial charge in [0, 0.05) is 12.1 Å². The quantitative estimate of drug-likeness (QED) is 0.0587. The SMILES string of the molecule is CCCCCCCCCCCCCCCc1cc(O[C@@H]2OC(C(=O)OC)[C@H](O)[C@H](O)C2O)cc(O)c1C(=O)Oc1cc(C)c(C(=O)O)c(O)c1. The first-order chi connectivity index (χ1) is 23.9. The summed E-state index contributed by atoms with van der Waals surface area (Å²) in [6.07, 6.45) is 6.41. The fraction of sp³-hybridized carbons (Fsp3) is 0.595. The van der Waals surface area contributed by atoms with Gasteiger partial charge in [0.1, 0.15) is 52.4 Å². The lowest BCUT2D eigenvalue weighted by atomic mass is 9.98. The van der Waals surface area contributed by atoms with Gasteiger partial charge in [0.25, 0.3) is 0 Å². The third kappa shape index (κ3) is 11.3. The van der Waals surface area contributed by atoms with Gasteiger partial charge in [-0.15, -0.1) is 0 Å². The number of aliphatic hydroxyl groups is 3. The first kappa shape index (κ1) is 40.5. The van der Waals surface area contributed by atoms with E-state index in [2.05, 4.69) is 11.7 Å². The van der Waals surface area contributed by atoms with Crippen LogP contribution in [0, 0.1) is 6.92 Å². The van der Waals surface area contributed by atoms with Crippen molar-refractivity contribution in [3.63, 3.8) is 0 Å². The van der Waals surface area contributed by atoms with E-state index >= 15 is 0 Å². The highest BCUT2D eigenvalue weighted by Gasteiger charge is 2.48. The average Bonchev–Trinajstić information content (AvgIpc) is 3.06. The number of phenols is 2. The summed E-state index contributed by atoms with van der Waals surface area (Å²) in [5.74, 6) is -4.67. The molecule has 0 saturated carbocycles. The lowest BCUT2D eigenvalue weighted by Crippen LogP contribution is -2.61. The number of unbranched alkanes of at least 4 members (excludes halogenated alkanes) is 12. The van der Waals surface area contributed by atoms with Crippen molar-refractivity contribution in [1.82, 2.24) is 0 Å². The van der Waals surface area contributed by atoms with E-state index in [4.69, 9.17) is 14.2 Å². The number of phenolic OH excluding ortho intramolecular Hbond substituents is 1. The Hall–Kier alpha value is -3.91. The first-order valence-electron chi connectivity index (χ1n) is 17.5. The molecule has 13 nitrogen and oxygen atoms in total. The van der Waals surface area contributed by atoms with Crippen LogP contribution in [0.25, 0.3) is 0 Å². The van der Waals surface area contributed by atoms with Crippen LogP contribution in [0.5, 0.6) is 23.0 Å². The van der Waals surface area contributed by atoms with Gasteiger partial charge < -0.3 is 49.6 Å². The molecular weight excluding hydrogens is 652 g/mol. The number of methoxy groups -OCH3 is 1. The fourth-order valence-electron chi connectivity index (χ4n) is 6.11. The van der Waals surface area contributed by atoms with E-state index in [1.165, 1.54) is 70.4 Å². The number of carbonyl (C=O) groups excluding carboxylic acids is 2. The summed E-state index contributed by atoms with van der Waals surface area (Å²) in [6.45, 7) is 3.65. The maximum Gasteiger partial charge on any atom is 0.347 e. The van der Waals surface area contributed by atoms with Crippen LogP contribution < -0.4 is 9.47 Å². The van der Waals surface area contributed by atoms with Crippen molar-refractivity contribution in [2.45, 2.75) is 134 Å². The van der Waals surface area contributed by atoms with E-state index in [0.717, 1.165) is 44.9 Å². The third-order valence-electron chi connectivity index (χ3n) is 8.89. The highest BCUT2D eigenvalue weighted by atomic mass is 16.7. The number of benzene rings is 2. The molecule has 3 rings (SSSR count). The predicted octanol–water partition coefficient (Wildman–Crippen LogP) is 5.32. The van der Waals surface area contributed by atoms with Crippen molar-refractivity contribution >= 4 is 17.9 Å². The molecule has 2 unspecified atom stereocenters. The smallest absolute Gasteiger partial charge is 0.347 e. The second-order valence-electron chi connectivity index (χ2n) is 12.8. The topological polar surface area (TPSA) is 210 Å². The molecule has 13 heteroatoms. The standard InChI is InChI=1S/C37H52O13/c1-4-5-6-7-8-9-10-11-12-13-14-15-16-17-23-19-25(49-37-32(42)30(40)31(41)33(50-37)36(46)47-3)21-27(39)29(23)35(45)48-24-18-22(2)28(34(43)44)26(38)20-24/h18-21,30-33,37-42H,4-17H2,1-3H3,(H,43,44)/t30-,31+,32?,33?,37+/m0/s1. The number of carbonyl (C=O) groups is 3. The van der Waals surface area contributed by atoms with E-state index in [1.54, 1.807) is 0 Å². The van der Waals surface area contributed by atoms with E-state index < -0.39 is 60.1 Å². The number of aryl methyl sites for hydroxylation is 2. The molecule has 0 aliphatic carbocycles. The molecule has 2 aromatic rings. The number of hydrogen-bond donors (Lipinski definition) is 6. The van der Waals surface area contributed by atoms with E-state index in [-0.39, 0.29) is 28.2 Å². The van der Waals surface area contributed by atoms with Gasteiger partial charge in [0.05, 0.1) is 7.11 Å². The van der Waals surface area contributed by atoms with Crippen molar-refractivity contribution in [3.05, 3.63) is 46.5 Å². The summed E-state index contributed by atoms with van der Waals surface area (Å²) in [4.78, 5) is 37.0. The summed E-state index contributed by atoms with van der Waals surface area (Å²) in [6, 6.07) is 4.78. The Kier molecular flexibility index (Phi) is 16.3. The molecule has 1 saturated heterocycles. The number of aliphatic hydroxyl groups excluding tert-OH is 3. The van der Waals surface area contributed by atoms with Gasteiger partial charge in [0.2, 0.25) is 6.29 Å². The highest BCUT2D eigenvalue weighted by Crippen LogP contribution is 2.34. The van der Waals surface area contributed by atoms with Crippen LogP contribution >= 0.6 is 0 Å². The van der Waals surface area contributed by atoms with Crippen molar-refractivity contribution < 1.29 is 64.0 Å². The molecular formula is C37H52O13. The van der Waals surface area contributed by atoms with E-state index in [1.807, 2.05) is 0 Å². The Morgan fingerprint density at radius 1 is 0.720 bits per heavy atom.